The van der Waals surface area contributed by atoms with E-state index in [1.807, 2.05) is 0 Å². The standard InChI is InChI=1S/C16H22N4/c1-3-19(4-2)15-13-9-5-6-10-14(13)17-16(18-15)20-11-7-8-12-20/h5-6,9-10H,3-4,7-8,11-12H2,1-2H3. The minimum Gasteiger partial charge on any atom is -0.356 e. The van der Waals surface area contributed by atoms with Crippen molar-refractivity contribution in [2.24, 2.45) is 0 Å². The van der Waals surface area contributed by atoms with E-state index in [1.54, 1.807) is 0 Å². The molecule has 106 valence electrons. The van der Waals surface area contributed by atoms with Crippen LogP contribution in [0.5, 0.6) is 0 Å². The first-order valence-electron chi connectivity index (χ1n) is 7.60. The normalized spacial score (nSPS) is 15.0. The van der Waals surface area contributed by atoms with E-state index in [2.05, 4.69) is 47.9 Å². The Morgan fingerprint density at radius 2 is 1.75 bits per heavy atom. The molecule has 0 N–H and O–H groups in total. The zero-order valence-corrected chi connectivity index (χ0v) is 12.3. The summed E-state index contributed by atoms with van der Waals surface area (Å²) in [5.74, 6) is 1.96. The van der Waals surface area contributed by atoms with Crippen LogP contribution in [0.25, 0.3) is 10.9 Å². The summed E-state index contributed by atoms with van der Waals surface area (Å²) in [4.78, 5) is 14.2. The summed E-state index contributed by atoms with van der Waals surface area (Å²) in [5, 5.41) is 1.15. The van der Waals surface area contributed by atoms with Crippen LogP contribution in [0.1, 0.15) is 26.7 Å². The smallest absolute Gasteiger partial charge is 0.227 e. The molecule has 0 atom stereocenters. The van der Waals surface area contributed by atoms with Crippen LogP contribution in [-0.4, -0.2) is 36.1 Å². The molecule has 4 nitrogen and oxygen atoms in total. The van der Waals surface area contributed by atoms with Gasteiger partial charge in [-0.25, -0.2) is 4.98 Å². The lowest BCUT2D eigenvalue weighted by Gasteiger charge is -2.24. The second kappa shape index (κ2) is 5.65. The maximum absolute atomic E-state index is 4.87. The summed E-state index contributed by atoms with van der Waals surface area (Å²) in [5.41, 5.74) is 1.05. The van der Waals surface area contributed by atoms with Gasteiger partial charge in [0, 0.05) is 31.6 Å². The average molecular weight is 270 g/mol. The lowest BCUT2D eigenvalue weighted by atomic mass is 10.2. The Bertz CT molecular complexity index is 586. The van der Waals surface area contributed by atoms with Gasteiger partial charge >= 0.3 is 0 Å². The third-order valence-electron chi connectivity index (χ3n) is 4.02. The Balaban J connectivity index is 2.13. The van der Waals surface area contributed by atoms with E-state index < -0.39 is 0 Å². The summed E-state index contributed by atoms with van der Waals surface area (Å²) < 4.78 is 0. The van der Waals surface area contributed by atoms with E-state index in [9.17, 15) is 0 Å². The van der Waals surface area contributed by atoms with Gasteiger partial charge in [-0.05, 0) is 38.8 Å². The van der Waals surface area contributed by atoms with Gasteiger partial charge in [0.1, 0.15) is 5.82 Å². The van der Waals surface area contributed by atoms with Crippen molar-refractivity contribution in [3.8, 4) is 0 Å². The van der Waals surface area contributed by atoms with E-state index in [1.165, 1.54) is 12.8 Å². The number of aromatic nitrogens is 2. The van der Waals surface area contributed by atoms with Gasteiger partial charge in [0.2, 0.25) is 5.95 Å². The third kappa shape index (κ3) is 2.30. The molecule has 2 aromatic rings. The van der Waals surface area contributed by atoms with Crippen LogP contribution >= 0.6 is 0 Å². The van der Waals surface area contributed by atoms with Gasteiger partial charge in [-0.2, -0.15) is 4.98 Å². The molecular formula is C16H22N4. The fraction of sp³-hybridized carbons (Fsp3) is 0.500. The van der Waals surface area contributed by atoms with Crippen molar-refractivity contribution >= 4 is 22.7 Å². The van der Waals surface area contributed by atoms with Crippen LogP contribution in [0.15, 0.2) is 24.3 Å². The van der Waals surface area contributed by atoms with E-state index in [4.69, 9.17) is 9.97 Å². The Labute approximate surface area is 120 Å². The summed E-state index contributed by atoms with van der Waals surface area (Å²) in [6, 6.07) is 8.32. The molecular weight excluding hydrogens is 248 g/mol. The van der Waals surface area contributed by atoms with Crippen LogP contribution in [0.3, 0.4) is 0 Å². The van der Waals surface area contributed by atoms with Crippen molar-refractivity contribution in [1.29, 1.82) is 0 Å². The van der Waals surface area contributed by atoms with Crippen molar-refractivity contribution in [2.75, 3.05) is 36.0 Å². The molecule has 1 aromatic heterocycles. The van der Waals surface area contributed by atoms with Crippen molar-refractivity contribution in [1.82, 2.24) is 9.97 Å². The highest BCUT2D eigenvalue weighted by atomic mass is 15.3. The summed E-state index contributed by atoms with van der Waals surface area (Å²) in [7, 11) is 0. The summed E-state index contributed by atoms with van der Waals surface area (Å²) in [6.07, 6.45) is 2.49. The predicted octanol–water partition coefficient (Wildman–Crippen LogP) is 3.08. The van der Waals surface area contributed by atoms with Crippen LogP contribution in [0.4, 0.5) is 11.8 Å². The van der Waals surface area contributed by atoms with Crippen molar-refractivity contribution in [3.63, 3.8) is 0 Å². The van der Waals surface area contributed by atoms with Crippen LogP contribution in [-0.2, 0) is 0 Å². The molecule has 0 bridgehead atoms. The lowest BCUT2D eigenvalue weighted by molar-refractivity contribution is 0.835. The Morgan fingerprint density at radius 1 is 1.05 bits per heavy atom. The molecule has 0 radical (unpaired) electrons. The predicted molar refractivity (Wildman–Crippen MR) is 84.5 cm³/mol. The monoisotopic (exact) mass is 270 g/mol. The number of rotatable bonds is 4. The molecule has 2 heterocycles. The first-order valence-corrected chi connectivity index (χ1v) is 7.60. The zero-order chi connectivity index (χ0) is 13.9. The molecule has 4 heteroatoms. The van der Waals surface area contributed by atoms with Crippen molar-refractivity contribution in [2.45, 2.75) is 26.7 Å². The number of hydrogen-bond donors (Lipinski definition) is 0. The summed E-state index contributed by atoms with van der Waals surface area (Å²) >= 11 is 0. The molecule has 3 rings (SSSR count). The lowest BCUT2D eigenvalue weighted by Crippen LogP contribution is -2.26. The number of nitrogens with zero attached hydrogens (tertiary/aromatic N) is 4. The van der Waals surface area contributed by atoms with Crippen molar-refractivity contribution in [3.05, 3.63) is 24.3 Å². The minimum atomic E-state index is 0.892. The fourth-order valence-electron chi connectivity index (χ4n) is 2.87. The average Bonchev–Trinajstić information content (AvgIpc) is 3.02. The Hall–Kier alpha value is -1.84. The van der Waals surface area contributed by atoms with Gasteiger partial charge in [-0.3, -0.25) is 0 Å². The first-order chi connectivity index (χ1) is 9.83. The van der Waals surface area contributed by atoms with Crippen LogP contribution in [0.2, 0.25) is 0 Å². The molecule has 1 saturated heterocycles. The molecule has 0 saturated carbocycles. The fourth-order valence-corrected chi connectivity index (χ4v) is 2.87. The number of para-hydroxylation sites is 1. The Kier molecular flexibility index (Phi) is 3.72. The third-order valence-corrected chi connectivity index (χ3v) is 4.02. The van der Waals surface area contributed by atoms with Gasteiger partial charge < -0.3 is 9.80 Å². The topological polar surface area (TPSA) is 32.3 Å². The SMILES string of the molecule is CCN(CC)c1nc(N2CCCC2)nc2ccccc12. The number of hydrogen-bond acceptors (Lipinski definition) is 4. The van der Waals surface area contributed by atoms with Crippen LogP contribution < -0.4 is 9.80 Å². The minimum absolute atomic E-state index is 0.892. The highest BCUT2D eigenvalue weighted by Crippen LogP contribution is 2.27. The number of anilines is 2. The molecule has 1 aliphatic heterocycles. The van der Waals surface area contributed by atoms with E-state index in [0.29, 0.717) is 0 Å². The number of benzene rings is 1. The highest BCUT2D eigenvalue weighted by Gasteiger charge is 2.18. The van der Waals surface area contributed by atoms with Gasteiger partial charge in [0.05, 0.1) is 5.52 Å². The van der Waals surface area contributed by atoms with Crippen LogP contribution in [0, 0.1) is 0 Å². The quantitative estimate of drug-likeness (QED) is 0.854. The highest BCUT2D eigenvalue weighted by molar-refractivity contribution is 5.90. The van der Waals surface area contributed by atoms with Gasteiger partial charge in [-0.15, -0.1) is 0 Å². The molecule has 0 spiro atoms. The van der Waals surface area contributed by atoms with E-state index in [0.717, 1.165) is 48.8 Å². The molecule has 1 aromatic carbocycles. The van der Waals surface area contributed by atoms with E-state index >= 15 is 0 Å². The van der Waals surface area contributed by atoms with Gasteiger partial charge in [0.15, 0.2) is 0 Å². The molecule has 1 fully saturated rings. The zero-order valence-electron chi connectivity index (χ0n) is 12.3. The largest absolute Gasteiger partial charge is 0.356 e. The maximum atomic E-state index is 4.87. The molecule has 0 amide bonds. The van der Waals surface area contributed by atoms with Gasteiger partial charge in [0.25, 0.3) is 0 Å². The number of fused-ring (bicyclic) bond motifs is 1. The molecule has 0 aliphatic carbocycles. The molecule has 20 heavy (non-hydrogen) atoms. The Morgan fingerprint density at radius 3 is 2.45 bits per heavy atom. The maximum Gasteiger partial charge on any atom is 0.227 e. The second-order valence-corrected chi connectivity index (χ2v) is 5.23. The van der Waals surface area contributed by atoms with Gasteiger partial charge in [-0.1, -0.05) is 12.1 Å². The second-order valence-electron chi connectivity index (χ2n) is 5.23. The molecule has 0 unspecified atom stereocenters. The summed E-state index contributed by atoms with van der Waals surface area (Å²) in [6.45, 7) is 8.45. The molecule has 1 aliphatic rings. The first kappa shape index (κ1) is 13.2. The van der Waals surface area contributed by atoms with E-state index in [-0.39, 0.29) is 0 Å². The van der Waals surface area contributed by atoms with Crippen molar-refractivity contribution < 1.29 is 0 Å².